The lowest BCUT2D eigenvalue weighted by molar-refractivity contribution is 0.0706. The van der Waals surface area contributed by atoms with Gasteiger partial charge in [-0.15, -0.1) is 0 Å². The molecule has 6 nitrogen and oxygen atoms in total. The van der Waals surface area contributed by atoms with E-state index in [1.165, 1.54) is 0 Å². The normalized spacial score (nSPS) is 10.8. The molecular weight excluding hydrogens is 322 g/mol. The minimum Gasteiger partial charge on any atom is -0.434 e. The Morgan fingerprint density at radius 3 is 2.36 bits per heavy atom. The van der Waals surface area contributed by atoms with Crippen molar-refractivity contribution in [1.82, 2.24) is 5.48 Å². The molecule has 1 amide bonds. The molecule has 2 aliphatic rings. The zero-order valence-electron chi connectivity index (χ0n) is 14.9. The summed E-state index contributed by atoms with van der Waals surface area (Å²) in [5.74, 6) is 0.244. The van der Waals surface area contributed by atoms with Crippen molar-refractivity contribution in [3.8, 4) is 16.9 Å². The van der Waals surface area contributed by atoms with Gasteiger partial charge in [-0.2, -0.15) is 0 Å². The second-order valence-corrected chi connectivity index (χ2v) is 6.21. The van der Waals surface area contributed by atoms with Crippen molar-refractivity contribution < 1.29 is 24.3 Å². The van der Waals surface area contributed by atoms with E-state index in [0.717, 1.165) is 28.7 Å². The van der Waals surface area contributed by atoms with Crippen LogP contribution in [0.3, 0.4) is 0 Å². The highest BCUT2D eigenvalue weighted by atomic mass is 16.7. The number of carbonyl (C=O) groups is 2. The minimum atomic E-state index is -0.756. The van der Waals surface area contributed by atoms with Gasteiger partial charge >= 0.3 is 6.16 Å². The fraction of sp³-hybridized carbons (Fsp3) is 0.368. The lowest BCUT2D eigenvalue weighted by Crippen LogP contribution is -2.17. The number of hydroxylamine groups is 1. The van der Waals surface area contributed by atoms with Gasteiger partial charge in [-0.3, -0.25) is 10.0 Å². The maximum Gasteiger partial charge on any atom is 0.513 e. The van der Waals surface area contributed by atoms with E-state index in [9.17, 15) is 9.59 Å². The van der Waals surface area contributed by atoms with Gasteiger partial charge in [-0.05, 0) is 61.1 Å². The fourth-order valence-corrected chi connectivity index (χ4v) is 2.83. The van der Waals surface area contributed by atoms with Crippen LogP contribution in [0.15, 0.2) is 24.3 Å². The van der Waals surface area contributed by atoms with E-state index in [1.807, 2.05) is 13.0 Å². The summed E-state index contributed by atoms with van der Waals surface area (Å²) in [7, 11) is 0. The summed E-state index contributed by atoms with van der Waals surface area (Å²) in [5, 5.41) is 8.82. The van der Waals surface area contributed by atoms with Crippen molar-refractivity contribution in [3.05, 3.63) is 41.0 Å². The first-order valence-corrected chi connectivity index (χ1v) is 8.23. The highest BCUT2D eigenvalue weighted by Gasteiger charge is 2.24. The van der Waals surface area contributed by atoms with Gasteiger partial charge in [0.1, 0.15) is 5.75 Å². The molecule has 0 aromatic heterocycles. The van der Waals surface area contributed by atoms with Gasteiger partial charge in [0.25, 0.3) is 5.91 Å². The molecule has 0 aromatic carbocycles. The van der Waals surface area contributed by atoms with E-state index in [1.54, 1.807) is 30.6 Å². The third-order valence-corrected chi connectivity index (χ3v) is 3.94. The first-order valence-electron chi connectivity index (χ1n) is 8.23. The van der Waals surface area contributed by atoms with Crippen molar-refractivity contribution in [1.29, 1.82) is 0 Å². The SMILES string of the molecule is CCOC(=O)Oc1c2ccc(C(=O)NO)ccc-2c(CC(C)C)c1C. The monoisotopic (exact) mass is 345 g/mol. The van der Waals surface area contributed by atoms with Crippen LogP contribution in [0.2, 0.25) is 0 Å². The number of hydrogen-bond donors (Lipinski definition) is 2. The number of fused-ring (bicyclic) bond motifs is 1. The Bertz CT molecular complexity index is 754. The second kappa shape index (κ2) is 7.98. The van der Waals surface area contributed by atoms with E-state index in [-0.39, 0.29) is 6.61 Å². The first-order chi connectivity index (χ1) is 11.9. The van der Waals surface area contributed by atoms with Crippen LogP contribution in [0.5, 0.6) is 5.75 Å². The predicted molar refractivity (Wildman–Crippen MR) is 93.2 cm³/mol. The standard InChI is InChI=1S/C19H23NO5/c1-5-24-19(22)25-17-12(4)16(10-11(2)3)14-8-6-13(18(21)20-23)7-9-15(14)17/h6-9,11,23H,5,10H2,1-4H3,(H,20,21). The highest BCUT2D eigenvalue weighted by molar-refractivity contribution is 5.94. The average molecular weight is 345 g/mol. The number of ether oxygens (including phenoxy) is 2. The highest BCUT2D eigenvalue weighted by Crippen LogP contribution is 2.43. The number of amides is 1. The zero-order chi connectivity index (χ0) is 18.6. The maximum absolute atomic E-state index is 11.8. The third-order valence-electron chi connectivity index (χ3n) is 3.94. The van der Waals surface area contributed by atoms with E-state index >= 15 is 0 Å². The molecule has 0 atom stereocenters. The lowest BCUT2D eigenvalue weighted by Gasteiger charge is -2.06. The van der Waals surface area contributed by atoms with Crippen LogP contribution in [0.4, 0.5) is 4.79 Å². The summed E-state index contributed by atoms with van der Waals surface area (Å²) in [4.78, 5) is 23.5. The van der Waals surface area contributed by atoms with Crippen LogP contribution in [0, 0.1) is 12.8 Å². The number of nitrogens with one attached hydrogen (secondary N) is 1. The van der Waals surface area contributed by atoms with Crippen molar-refractivity contribution in [3.63, 3.8) is 0 Å². The Morgan fingerprint density at radius 2 is 1.80 bits per heavy atom. The Kier molecular flexibility index (Phi) is 5.98. The zero-order valence-corrected chi connectivity index (χ0v) is 14.9. The van der Waals surface area contributed by atoms with Crippen LogP contribution in [-0.4, -0.2) is 23.9 Å². The summed E-state index contributed by atoms with van der Waals surface area (Å²) >= 11 is 0. The molecule has 2 rings (SSSR count). The molecule has 134 valence electrons. The van der Waals surface area contributed by atoms with Crippen molar-refractivity contribution >= 4 is 12.1 Å². The summed E-state index contributed by atoms with van der Waals surface area (Å²) in [6.45, 7) is 8.06. The molecule has 25 heavy (non-hydrogen) atoms. The molecule has 0 bridgehead atoms. The van der Waals surface area contributed by atoms with Gasteiger partial charge in [-0.25, -0.2) is 10.3 Å². The Hall–Kier alpha value is -2.60. The fourth-order valence-electron chi connectivity index (χ4n) is 2.83. The lowest BCUT2D eigenvalue weighted by atomic mass is 9.98. The third kappa shape index (κ3) is 4.09. The van der Waals surface area contributed by atoms with Gasteiger partial charge in [0, 0.05) is 11.1 Å². The quantitative estimate of drug-likeness (QED) is 0.487. The number of rotatable bonds is 5. The maximum atomic E-state index is 11.8. The topological polar surface area (TPSA) is 84.9 Å². The summed E-state index contributed by atoms with van der Waals surface area (Å²) in [5.41, 5.74) is 5.50. The summed E-state index contributed by atoms with van der Waals surface area (Å²) in [6.07, 6.45) is 0.0495. The molecule has 0 spiro atoms. The molecule has 0 unspecified atom stereocenters. The molecule has 0 fully saturated rings. The van der Waals surface area contributed by atoms with E-state index in [4.69, 9.17) is 14.7 Å². The van der Waals surface area contributed by atoms with Crippen LogP contribution in [-0.2, 0) is 11.2 Å². The number of hydrogen-bond acceptors (Lipinski definition) is 5. The Morgan fingerprint density at radius 1 is 1.16 bits per heavy atom. The van der Waals surface area contributed by atoms with Crippen LogP contribution < -0.4 is 10.2 Å². The second-order valence-electron chi connectivity index (χ2n) is 6.21. The molecule has 6 heteroatoms. The van der Waals surface area contributed by atoms with Gasteiger partial charge in [-0.1, -0.05) is 19.9 Å². The predicted octanol–water partition coefficient (Wildman–Crippen LogP) is 3.95. The summed E-state index contributed by atoms with van der Waals surface area (Å²) < 4.78 is 10.3. The molecule has 0 saturated carbocycles. The molecule has 0 radical (unpaired) electrons. The van der Waals surface area contributed by atoms with E-state index in [0.29, 0.717) is 17.2 Å². The summed E-state index contributed by atoms with van der Waals surface area (Å²) in [6, 6.07) is 6.73. The van der Waals surface area contributed by atoms with Crippen LogP contribution in [0.1, 0.15) is 42.3 Å². The van der Waals surface area contributed by atoms with Crippen LogP contribution in [0.25, 0.3) is 11.1 Å². The average Bonchev–Trinajstić information content (AvgIpc) is 2.72. The molecule has 0 aromatic rings. The van der Waals surface area contributed by atoms with Crippen molar-refractivity contribution in [2.75, 3.05) is 6.61 Å². The molecule has 0 aliphatic heterocycles. The molecular formula is C19H23NO5. The van der Waals surface area contributed by atoms with Gasteiger partial charge < -0.3 is 9.47 Å². The minimum absolute atomic E-state index is 0.226. The molecule has 0 saturated heterocycles. The van der Waals surface area contributed by atoms with Crippen molar-refractivity contribution in [2.45, 2.75) is 34.1 Å². The van der Waals surface area contributed by atoms with Gasteiger partial charge in [0.05, 0.1) is 6.61 Å². The van der Waals surface area contributed by atoms with E-state index < -0.39 is 12.1 Å². The van der Waals surface area contributed by atoms with Crippen LogP contribution >= 0.6 is 0 Å². The Balaban J connectivity index is 2.60. The molecule has 2 aliphatic carbocycles. The molecule has 2 N–H and O–H groups in total. The Labute approximate surface area is 147 Å². The smallest absolute Gasteiger partial charge is 0.434 e. The van der Waals surface area contributed by atoms with Gasteiger partial charge in [0.15, 0.2) is 0 Å². The number of carbonyl (C=O) groups excluding carboxylic acids is 2. The largest absolute Gasteiger partial charge is 0.513 e. The first kappa shape index (κ1) is 18.7. The molecule has 0 heterocycles. The van der Waals surface area contributed by atoms with Crippen molar-refractivity contribution in [2.24, 2.45) is 5.92 Å². The van der Waals surface area contributed by atoms with E-state index in [2.05, 4.69) is 13.8 Å². The van der Waals surface area contributed by atoms with Gasteiger partial charge in [0.2, 0.25) is 0 Å².